The van der Waals surface area contributed by atoms with E-state index in [4.69, 9.17) is 0 Å². The van der Waals surface area contributed by atoms with Crippen molar-refractivity contribution in [3.05, 3.63) is 155 Å². The topological polar surface area (TPSA) is 6.48 Å². The van der Waals surface area contributed by atoms with Crippen LogP contribution in [0, 0.1) is 26.7 Å². The van der Waals surface area contributed by atoms with E-state index in [-0.39, 0.29) is 18.8 Å². The van der Waals surface area contributed by atoms with Gasteiger partial charge in [-0.2, -0.15) is 0 Å². The fraction of sp³-hybridized carbons (Fsp3) is 0.306. The van der Waals surface area contributed by atoms with Gasteiger partial charge in [0, 0.05) is 17.3 Å². The summed E-state index contributed by atoms with van der Waals surface area (Å²) >= 11 is 0. The van der Waals surface area contributed by atoms with Gasteiger partial charge in [0.1, 0.15) is 0 Å². The summed E-state index contributed by atoms with van der Waals surface area (Å²) in [4.78, 5) is 5.51. The SMILES string of the molecule is CCCCc1ccc(N2c3cc4ccccc4cc3N3c4ccc(CCCC)cc4B(c4c(C)cc(C)cc4C)C4C5C=CC=CC5=CC2C43)cc1. The Morgan fingerprint density at radius 1 is 0.654 bits per heavy atom. The molecule has 2 nitrogen and oxygen atoms in total. The molecule has 2 aliphatic heterocycles. The summed E-state index contributed by atoms with van der Waals surface area (Å²) in [5, 5.41) is 2.59. The quantitative estimate of drug-likeness (QED) is 0.151. The first-order valence-electron chi connectivity index (χ1n) is 19.9. The summed E-state index contributed by atoms with van der Waals surface area (Å²) < 4.78 is 0. The molecule has 2 heterocycles. The molecule has 5 aromatic carbocycles. The van der Waals surface area contributed by atoms with Crippen molar-refractivity contribution in [2.75, 3.05) is 9.80 Å². The third-order valence-electron chi connectivity index (χ3n) is 12.6. The van der Waals surface area contributed by atoms with Gasteiger partial charge in [0.05, 0.1) is 23.5 Å². The van der Waals surface area contributed by atoms with Gasteiger partial charge in [0.15, 0.2) is 0 Å². The number of benzene rings is 5. The molecule has 0 fully saturated rings. The van der Waals surface area contributed by atoms with Crippen molar-refractivity contribution in [3.63, 3.8) is 0 Å². The molecule has 4 unspecified atom stereocenters. The van der Waals surface area contributed by atoms with Crippen LogP contribution in [-0.2, 0) is 12.8 Å². The van der Waals surface area contributed by atoms with Gasteiger partial charge in [-0.15, -0.1) is 0 Å². The Kier molecular flexibility index (Phi) is 8.49. The summed E-state index contributed by atoms with van der Waals surface area (Å²) in [6.45, 7) is 11.8. The van der Waals surface area contributed by atoms with Crippen molar-refractivity contribution in [2.24, 2.45) is 5.92 Å². The van der Waals surface area contributed by atoms with E-state index in [0.717, 1.165) is 12.8 Å². The summed E-state index contributed by atoms with van der Waals surface area (Å²) in [6.07, 6.45) is 19.3. The van der Waals surface area contributed by atoms with Crippen molar-refractivity contribution in [3.8, 4) is 0 Å². The summed E-state index contributed by atoms with van der Waals surface area (Å²) in [6, 6.07) is 36.3. The van der Waals surface area contributed by atoms with Crippen molar-refractivity contribution < 1.29 is 0 Å². The fourth-order valence-electron chi connectivity index (χ4n) is 10.4. The van der Waals surface area contributed by atoms with Crippen LogP contribution in [0.25, 0.3) is 10.8 Å². The van der Waals surface area contributed by atoms with Crippen LogP contribution in [0.5, 0.6) is 0 Å². The van der Waals surface area contributed by atoms with E-state index < -0.39 is 0 Å². The minimum atomic E-state index is 0.157. The molecule has 0 spiro atoms. The number of hydrogen-bond acceptors (Lipinski definition) is 2. The number of aryl methyl sites for hydroxylation is 5. The second-order valence-corrected chi connectivity index (χ2v) is 16.0. The van der Waals surface area contributed by atoms with Gasteiger partial charge < -0.3 is 9.80 Å². The molecule has 0 aromatic heterocycles. The maximum Gasteiger partial charge on any atom is 0.218 e. The van der Waals surface area contributed by atoms with Gasteiger partial charge in [-0.25, -0.2) is 0 Å². The normalized spacial score (nSPS) is 21.1. The lowest BCUT2D eigenvalue weighted by Gasteiger charge is -2.59. The van der Waals surface area contributed by atoms with E-state index in [1.54, 1.807) is 0 Å². The van der Waals surface area contributed by atoms with Crippen LogP contribution in [0.3, 0.4) is 0 Å². The molecule has 0 N–H and O–H groups in total. The second-order valence-electron chi connectivity index (χ2n) is 16.0. The molecule has 9 rings (SSSR count). The molecule has 3 heteroatoms. The van der Waals surface area contributed by atoms with E-state index in [0.29, 0.717) is 11.7 Å². The van der Waals surface area contributed by atoms with E-state index in [1.807, 2.05) is 0 Å². The van der Waals surface area contributed by atoms with Crippen LogP contribution in [0.1, 0.15) is 67.3 Å². The number of fused-ring (bicyclic) bond motifs is 7. The molecule has 0 bridgehead atoms. The van der Waals surface area contributed by atoms with Gasteiger partial charge in [-0.3, -0.25) is 0 Å². The average Bonchev–Trinajstić information content (AvgIpc) is 3.16. The smallest absolute Gasteiger partial charge is 0.218 e. The maximum atomic E-state index is 2.80. The lowest BCUT2D eigenvalue weighted by molar-refractivity contribution is 0.449. The molecule has 0 saturated carbocycles. The summed E-state index contributed by atoms with van der Waals surface area (Å²) in [7, 11) is 0. The number of allylic oxidation sites excluding steroid dienone is 5. The van der Waals surface area contributed by atoms with Gasteiger partial charge >= 0.3 is 0 Å². The minimum Gasteiger partial charge on any atom is -0.335 e. The molecule has 0 radical (unpaired) electrons. The predicted molar refractivity (Wildman–Crippen MR) is 225 cm³/mol. The molecule has 52 heavy (non-hydrogen) atoms. The van der Waals surface area contributed by atoms with Crippen LogP contribution in [0.4, 0.5) is 22.7 Å². The van der Waals surface area contributed by atoms with Gasteiger partial charge in [-0.05, 0) is 110 Å². The van der Waals surface area contributed by atoms with E-state index in [9.17, 15) is 0 Å². The minimum absolute atomic E-state index is 0.157. The Hall–Kier alpha value is -4.76. The number of anilines is 4. The average molecular weight is 679 g/mol. The monoisotopic (exact) mass is 678 g/mol. The molecular formula is C49H51BN2. The zero-order valence-electron chi connectivity index (χ0n) is 31.6. The van der Waals surface area contributed by atoms with Crippen molar-refractivity contribution >= 4 is 51.2 Å². The Morgan fingerprint density at radius 2 is 1.31 bits per heavy atom. The molecule has 5 aromatic rings. The lowest BCUT2D eigenvalue weighted by Crippen LogP contribution is -2.68. The van der Waals surface area contributed by atoms with Gasteiger partial charge in [0.2, 0.25) is 6.71 Å². The highest BCUT2D eigenvalue weighted by Gasteiger charge is 2.56. The largest absolute Gasteiger partial charge is 0.335 e. The highest BCUT2D eigenvalue weighted by molar-refractivity contribution is 6.89. The van der Waals surface area contributed by atoms with Crippen molar-refractivity contribution in [1.29, 1.82) is 0 Å². The Labute approximate surface area is 311 Å². The van der Waals surface area contributed by atoms with Crippen LogP contribution in [0.2, 0.25) is 5.82 Å². The first-order chi connectivity index (χ1) is 25.4. The van der Waals surface area contributed by atoms with E-state index >= 15 is 0 Å². The molecule has 4 aliphatic rings. The first kappa shape index (κ1) is 33.1. The molecule has 4 atom stereocenters. The zero-order chi connectivity index (χ0) is 35.5. The molecule has 0 amide bonds. The van der Waals surface area contributed by atoms with Crippen LogP contribution < -0.4 is 20.7 Å². The maximum absolute atomic E-state index is 2.80. The van der Waals surface area contributed by atoms with Crippen LogP contribution in [0.15, 0.2) is 127 Å². The van der Waals surface area contributed by atoms with Gasteiger partial charge in [-0.1, -0.05) is 145 Å². The molecule has 2 aliphatic carbocycles. The Morgan fingerprint density at radius 3 is 2.00 bits per heavy atom. The highest BCUT2D eigenvalue weighted by Crippen LogP contribution is 2.57. The molecular weight excluding hydrogens is 627 g/mol. The van der Waals surface area contributed by atoms with Gasteiger partial charge in [0.25, 0.3) is 0 Å². The third kappa shape index (κ3) is 5.39. The number of nitrogens with zero attached hydrogens (tertiary/aromatic N) is 2. The Balaban J connectivity index is 1.35. The standard InChI is InChI=1S/C49H51BN2/c1-6-8-14-35-20-23-40(24-21-35)51-44-29-37-16-10-11-17-38(37)30-45(44)52-43-25-22-36(15-9-7-2)28-42(43)50(47-33(4)26-32(3)27-34(47)5)48-41-19-13-12-18-39(41)31-46(51)49(48)52/h10-13,16-31,41,46,48-49H,6-9,14-15H2,1-5H3. The first-order valence-corrected chi connectivity index (χ1v) is 19.9. The lowest BCUT2D eigenvalue weighted by atomic mass is 9.26. The second kappa shape index (κ2) is 13.3. The van der Waals surface area contributed by atoms with Crippen LogP contribution >= 0.6 is 0 Å². The highest BCUT2D eigenvalue weighted by atomic mass is 15.3. The molecule has 0 saturated heterocycles. The summed E-state index contributed by atoms with van der Waals surface area (Å²) in [5.41, 5.74) is 16.9. The van der Waals surface area contributed by atoms with E-state index in [1.165, 1.54) is 104 Å². The predicted octanol–water partition coefficient (Wildman–Crippen LogP) is 11.2. The fourth-order valence-corrected chi connectivity index (χ4v) is 10.4. The third-order valence-corrected chi connectivity index (χ3v) is 12.6. The van der Waals surface area contributed by atoms with Crippen LogP contribution in [-0.4, -0.2) is 18.8 Å². The van der Waals surface area contributed by atoms with E-state index in [2.05, 4.69) is 166 Å². The number of hydrogen-bond donors (Lipinski definition) is 0. The van der Waals surface area contributed by atoms with Crippen molar-refractivity contribution in [2.45, 2.75) is 91.0 Å². The summed E-state index contributed by atoms with van der Waals surface area (Å²) in [5.74, 6) is 0.665. The number of rotatable bonds is 8. The van der Waals surface area contributed by atoms with Crippen molar-refractivity contribution in [1.82, 2.24) is 0 Å². The Bertz CT molecular complexity index is 2240. The molecule has 260 valence electrons. The number of unbranched alkanes of at least 4 members (excludes halogenated alkanes) is 2. The zero-order valence-corrected chi connectivity index (χ0v) is 31.6.